The Morgan fingerprint density at radius 1 is 1.08 bits per heavy atom. The van der Waals surface area contributed by atoms with E-state index in [4.69, 9.17) is 5.73 Å². The van der Waals surface area contributed by atoms with E-state index in [1.54, 1.807) is 11.3 Å². The molecule has 1 saturated heterocycles. The van der Waals surface area contributed by atoms with Crippen molar-refractivity contribution in [3.63, 3.8) is 0 Å². The molecule has 0 radical (unpaired) electrons. The van der Waals surface area contributed by atoms with E-state index in [0.717, 1.165) is 59.9 Å². The summed E-state index contributed by atoms with van der Waals surface area (Å²) in [6.07, 6.45) is 3.58. The summed E-state index contributed by atoms with van der Waals surface area (Å²) in [5.74, 6) is 0.755. The van der Waals surface area contributed by atoms with Gasteiger partial charge in [-0.3, -0.25) is 9.69 Å². The highest BCUT2D eigenvalue weighted by molar-refractivity contribution is 7.22. The minimum atomic E-state index is -0.160. The van der Waals surface area contributed by atoms with Crippen LogP contribution in [-0.2, 0) is 11.3 Å². The monoisotopic (exact) mass is 495 g/mol. The van der Waals surface area contributed by atoms with E-state index < -0.39 is 0 Å². The van der Waals surface area contributed by atoms with Crippen LogP contribution in [-0.4, -0.2) is 33.9 Å². The van der Waals surface area contributed by atoms with Gasteiger partial charge in [0.25, 0.3) is 0 Å². The number of nitrogens with one attached hydrogen (secondary N) is 2. The summed E-state index contributed by atoms with van der Waals surface area (Å²) in [7, 11) is 0. The van der Waals surface area contributed by atoms with Gasteiger partial charge in [-0.1, -0.05) is 24.3 Å². The van der Waals surface area contributed by atoms with Gasteiger partial charge in [-0.05, 0) is 85.8 Å². The molecule has 0 saturated carbocycles. The molecule has 0 bridgehead atoms. The maximum atomic E-state index is 11.4. The number of thiophene rings is 1. The number of primary amides is 1. The summed E-state index contributed by atoms with van der Waals surface area (Å²) in [5.41, 5.74) is 11.3. The largest absolute Gasteiger partial charge is 0.369 e. The number of fused-ring (bicyclic) bond motifs is 2. The van der Waals surface area contributed by atoms with Crippen molar-refractivity contribution in [2.24, 2.45) is 11.7 Å². The van der Waals surface area contributed by atoms with Crippen molar-refractivity contribution in [2.45, 2.75) is 26.3 Å². The fraction of sp³-hybridized carbons (Fsp3) is 0.241. The summed E-state index contributed by atoms with van der Waals surface area (Å²) in [6.45, 7) is 4.82. The van der Waals surface area contributed by atoms with Gasteiger partial charge >= 0.3 is 0 Å². The standard InChI is InChI=1S/C29H29N5OS/c1-18-14-23-15-24(6-7-25(23)32-18)33-29-27-22(8-11-31-29)16-26(36-27)20-4-2-19(3-5-20)17-34-12-9-21(10-13-34)28(30)35/h2-8,11,14-16,21,32H,9-10,12-13,17H2,1H3,(H2,30,35)(H,31,33). The van der Waals surface area contributed by atoms with Crippen molar-refractivity contribution in [1.82, 2.24) is 14.9 Å². The predicted molar refractivity (Wildman–Crippen MR) is 149 cm³/mol. The third kappa shape index (κ3) is 4.59. The number of H-pyrrole nitrogens is 1. The number of hydrogen-bond donors (Lipinski definition) is 3. The number of hydrogen-bond acceptors (Lipinski definition) is 5. The van der Waals surface area contributed by atoms with Gasteiger partial charge in [0.05, 0.1) is 4.70 Å². The molecule has 4 heterocycles. The lowest BCUT2D eigenvalue weighted by molar-refractivity contribution is -0.123. The van der Waals surface area contributed by atoms with E-state index in [0.29, 0.717) is 0 Å². The van der Waals surface area contributed by atoms with Crippen molar-refractivity contribution in [3.05, 3.63) is 78.1 Å². The van der Waals surface area contributed by atoms with Crippen molar-refractivity contribution >= 4 is 49.7 Å². The molecule has 1 aliphatic heterocycles. The van der Waals surface area contributed by atoms with Gasteiger partial charge in [0, 0.05) is 45.8 Å². The number of pyridine rings is 1. The minimum Gasteiger partial charge on any atom is -0.369 e. The molecule has 182 valence electrons. The number of likely N-dealkylation sites (tertiary alicyclic amines) is 1. The molecule has 0 spiro atoms. The van der Waals surface area contributed by atoms with Crippen LogP contribution in [0.2, 0.25) is 0 Å². The Labute approximate surface area is 214 Å². The van der Waals surface area contributed by atoms with E-state index in [9.17, 15) is 4.79 Å². The number of carbonyl (C=O) groups is 1. The fourth-order valence-electron chi connectivity index (χ4n) is 5.10. The maximum absolute atomic E-state index is 11.4. The molecule has 2 aromatic carbocycles. The number of carbonyl (C=O) groups excluding carboxylic acids is 1. The molecule has 0 unspecified atom stereocenters. The molecule has 4 N–H and O–H groups in total. The Hall–Kier alpha value is -3.68. The van der Waals surface area contributed by atoms with E-state index >= 15 is 0 Å². The fourth-order valence-corrected chi connectivity index (χ4v) is 6.20. The quantitative estimate of drug-likeness (QED) is 0.262. The van der Waals surface area contributed by atoms with Crippen molar-refractivity contribution in [3.8, 4) is 10.4 Å². The number of benzene rings is 2. The van der Waals surface area contributed by atoms with Crippen LogP contribution in [0.3, 0.4) is 0 Å². The molecule has 6 nitrogen and oxygen atoms in total. The number of nitrogens with zero attached hydrogens (tertiary/aromatic N) is 2. The van der Waals surface area contributed by atoms with Gasteiger partial charge in [0.1, 0.15) is 5.82 Å². The molecule has 7 heteroatoms. The summed E-state index contributed by atoms with van der Waals surface area (Å²) in [5, 5.41) is 5.90. The summed E-state index contributed by atoms with van der Waals surface area (Å²) in [4.78, 5) is 23.1. The molecular weight excluding hydrogens is 466 g/mol. The lowest BCUT2D eigenvalue weighted by atomic mass is 9.96. The number of aromatic amines is 1. The van der Waals surface area contributed by atoms with Crippen molar-refractivity contribution < 1.29 is 4.79 Å². The van der Waals surface area contributed by atoms with Crippen LogP contribution in [0.25, 0.3) is 31.4 Å². The first-order chi connectivity index (χ1) is 17.5. The van der Waals surface area contributed by atoms with Gasteiger partial charge in [-0.2, -0.15) is 0 Å². The molecule has 3 aromatic heterocycles. The SMILES string of the molecule is Cc1cc2cc(Nc3nccc4cc(-c5ccc(CN6CCC(C(N)=O)CC6)cc5)sc34)ccc2[nH]1. The molecular formula is C29H29N5OS. The van der Waals surface area contributed by atoms with Crippen LogP contribution >= 0.6 is 11.3 Å². The van der Waals surface area contributed by atoms with Crippen LogP contribution < -0.4 is 11.1 Å². The third-order valence-corrected chi connectivity index (χ3v) is 8.29. The molecule has 0 atom stereocenters. The second-order valence-electron chi connectivity index (χ2n) is 9.72. The second kappa shape index (κ2) is 9.41. The zero-order valence-corrected chi connectivity index (χ0v) is 21.1. The first-order valence-electron chi connectivity index (χ1n) is 12.4. The van der Waals surface area contributed by atoms with E-state index in [2.05, 4.69) is 87.8 Å². The number of nitrogens with two attached hydrogens (primary N) is 1. The summed E-state index contributed by atoms with van der Waals surface area (Å²) >= 11 is 1.76. The predicted octanol–water partition coefficient (Wildman–Crippen LogP) is 6.19. The van der Waals surface area contributed by atoms with Crippen molar-refractivity contribution in [2.75, 3.05) is 18.4 Å². The Morgan fingerprint density at radius 3 is 2.67 bits per heavy atom. The number of piperidine rings is 1. The summed E-state index contributed by atoms with van der Waals surface area (Å²) in [6, 6.07) is 21.7. The van der Waals surface area contributed by atoms with E-state index in [-0.39, 0.29) is 11.8 Å². The average molecular weight is 496 g/mol. The van der Waals surface area contributed by atoms with Gasteiger partial charge < -0.3 is 16.0 Å². The van der Waals surface area contributed by atoms with Crippen LogP contribution in [0.5, 0.6) is 0 Å². The Kier molecular flexibility index (Phi) is 5.95. The number of amides is 1. The molecule has 0 aliphatic carbocycles. The number of rotatable bonds is 6. The first kappa shape index (κ1) is 22.8. The average Bonchev–Trinajstić information content (AvgIpc) is 3.48. The van der Waals surface area contributed by atoms with Gasteiger partial charge in [-0.25, -0.2) is 4.98 Å². The Balaban J connectivity index is 1.19. The van der Waals surface area contributed by atoms with Gasteiger partial charge in [0.15, 0.2) is 0 Å². The van der Waals surface area contributed by atoms with Crippen LogP contribution in [0.15, 0.2) is 66.9 Å². The molecule has 1 amide bonds. The molecule has 1 fully saturated rings. The van der Waals surface area contributed by atoms with Crippen molar-refractivity contribution in [1.29, 1.82) is 0 Å². The molecule has 36 heavy (non-hydrogen) atoms. The van der Waals surface area contributed by atoms with Crippen LogP contribution in [0.1, 0.15) is 24.1 Å². The first-order valence-corrected chi connectivity index (χ1v) is 13.2. The Bertz CT molecular complexity index is 1540. The minimum absolute atomic E-state index is 0.0335. The highest BCUT2D eigenvalue weighted by Crippen LogP contribution is 2.38. The van der Waals surface area contributed by atoms with Crippen LogP contribution in [0.4, 0.5) is 11.5 Å². The lowest BCUT2D eigenvalue weighted by Gasteiger charge is -2.30. The topological polar surface area (TPSA) is 87.0 Å². The smallest absolute Gasteiger partial charge is 0.220 e. The maximum Gasteiger partial charge on any atom is 0.220 e. The van der Waals surface area contributed by atoms with Gasteiger partial charge in [-0.15, -0.1) is 11.3 Å². The summed E-state index contributed by atoms with van der Waals surface area (Å²) < 4.78 is 1.15. The Morgan fingerprint density at radius 2 is 1.89 bits per heavy atom. The highest BCUT2D eigenvalue weighted by atomic mass is 32.1. The zero-order valence-electron chi connectivity index (χ0n) is 20.3. The third-order valence-electron chi connectivity index (χ3n) is 7.09. The zero-order chi connectivity index (χ0) is 24.6. The highest BCUT2D eigenvalue weighted by Gasteiger charge is 2.23. The number of aromatic nitrogens is 2. The molecule has 6 rings (SSSR count). The van der Waals surface area contributed by atoms with E-state index in [1.807, 2.05) is 6.20 Å². The number of anilines is 2. The second-order valence-corrected chi connectivity index (χ2v) is 10.8. The van der Waals surface area contributed by atoms with E-state index in [1.165, 1.54) is 26.8 Å². The van der Waals surface area contributed by atoms with Gasteiger partial charge in [0.2, 0.25) is 5.91 Å². The lowest BCUT2D eigenvalue weighted by Crippen LogP contribution is -2.38. The molecule has 5 aromatic rings. The normalized spacial score (nSPS) is 15.0. The number of aryl methyl sites for hydroxylation is 1. The molecule has 1 aliphatic rings. The van der Waals surface area contributed by atoms with Crippen LogP contribution in [0, 0.1) is 12.8 Å².